The summed E-state index contributed by atoms with van der Waals surface area (Å²) in [5, 5.41) is 20.9. The third-order valence-corrected chi connectivity index (χ3v) is 4.59. The van der Waals surface area contributed by atoms with Crippen LogP contribution in [0.5, 0.6) is 0 Å². The van der Waals surface area contributed by atoms with E-state index in [0.717, 1.165) is 10.5 Å². The zero-order chi connectivity index (χ0) is 20.3. The molecule has 146 valence electrons. The summed E-state index contributed by atoms with van der Waals surface area (Å²) in [7, 11) is 1.33. The second kappa shape index (κ2) is 7.92. The number of fused-ring (bicyclic) bond motifs is 1. The van der Waals surface area contributed by atoms with Crippen LogP contribution in [0.1, 0.15) is 5.56 Å². The number of amides is 1. The van der Waals surface area contributed by atoms with E-state index in [1.54, 1.807) is 12.2 Å². The monoisotopic (exact) mass is 402 g/mol. The highest BCUT2D eigenvalue weighted by Gasteiger charge is 2.33. The van der Waals surface area contributed by atoms with Crippen LogP contribution < -0.4 is 5.32 Å². The van der Waals surface area contributed by atoms with Crippen LogP contribution in [0, 0.1) is 0 Å². The summed E-state index contributed by atoms with van der Waals surface area (Å²) >= 11 is 6.53. The number of ether oxygens (including phenoxy) is 1. The van der Waals surface area contributed by atoms with E-state index >= 15 is 0 Å². The fourth-order valence-electron chi connectivity index (χ4n) is 2.79. The van der Waals surface area contributed by atoms with Gasteiger partial charge in [-0.15, -0.1) is 0 Å². The molecule has 1 aliphatic heterocycles. The molecule has 0 bridgehead atoms. The highest BCUT2D eigenvalue weighted by molar-refractivity contribution is 6.26. The quantitative estimate of drug-likeness (QED) is 0.632. The number of halogens is 1. The van der Waals surface area contributed by atoms with Gasteiger partial charge in [0, 0.05) is 24.4 Å². The van der Waals surface area contributed by atoms with Crippen molar-refractivity contribution < 1.29 is 24.5 Å². The molecule has 1 heterocycles. The lowest BCUT2D eigenvalue weighted by atomic mass is 9.93. The van der Waals surface area contributed by atoms with Gasteiger partial charge in [-0.25, -0.2) is 0 Å². The molecule has 1 unspecified atom stereocenters. The highest BCUT2D eigenvalue weighted by Crippen LogP contribution is 2.36. The van der Waals surface area contributed by atoms with Crippen molar-refractivity contribution in [3.63, 3.8) is 0 Å². The number of aliphatic carboxylic acids is 1. The van der Waals surface area contributed by atoms with E-state index in [4.69, 9.17) is 21.4 Å². The van der Waals surface area contributed by atoms with Crippen molar-refractivity contribution in [2.75, 3.05) is 13.6 Å². The van der Waals surface area contributed by atoms with Crippen molar-refractivity contribution in [3.8, 4) is 0 Å². The number of carboxylic acids is 1. The van der Waals surface area contributed by atoms with E-state index in [1.165, 1.54) is 19.3 Å². The summed E-state index contributed by atoms with van der Waals surface area (Å²) < 4.78 is 5.80. The Kier molecular flexibility index (Phi) is 5.58. The number of alkyl halides is 1. The lowest BCUT2D eigenvalue weighted by Gasteiger charge is -2.29. The van der Waals surface area contributed by atoms with Crippen LogP contribution in [-0.2, 0) is 20.9 Å². The number of carbonyl (C=O) groups excluding carboxylic acids is 1. The molecule has 3 rings (SSSR count). The molecule has 0 aromatic heterocycles. The van der Waals surface area contributed by atoms with Crippen LogP contribution >= 0.6 is 11.6 Å². The van der Waals surface area contributed by atoms with Crippen molar-refractivity contribution in [2.45, 2.75) is 11.7 Å². The van der Waals surface area contributed by atoms with Crippen molar-refractivity contribution >= 4 is 23.5 Å². The maximum Gasteiger partial charge on any atom is 0.323 e. The minimum atomic E-state index is -1.30. The van der Waals surface area contributed by atoms with Gasteiger partial charge >= 0.3 is 5.97 Å². The number of carboxylic acid groups (broad SMARTS) is 1. The molecule has 7 nitrogen and oxygen atoms in total. The van der Waals surface area contributed by atoms with Gasteiger partial charge in [0.2, 0.25) is 0 Å². The Balaban J connectivity index is 1.82. The first kappa shape index (κ1) is 19.7. The number of dihydropyridines is 1. The van der Waals surface area contributed by atoms with Gasteiger partial charge in [0.1, 0.15) is 12.2 Å². The number of nitrogens with zero attached hydrogens (tertiary/aromatic N) is 1. The molecule has 0 saturated heterocycles. The molecule has 28 heavy (non-hydrogen) atoms. The first-order valence-corrected chi connectivity index (χ1v) is 8.84. The van der Waals surface area contributed by atoms with Crippen LogP contribution in [0.2, 0.25) is 0 Å². The van der Waals surface area contributed by atoms with E-state index in [1.807, 2.05) is 30.3 Å². The molecule has 8 heteroatoms. The predicted molar refractivity (Wildman–Crippen MR) is 103 cm³/mol. The minimum absolute atomic E-state index is 0.129. The summed E-state index contributed by atoms with van der Waals surface area (Å²) in [5.74, 6) is -2.13. The summed E-state index contributed by atoms with van der Waals surface area (Å²) in [4.78, 5) is 24.2. The van der Waals surface area contributed by atoms with Gasteiger partial charge in [0.05, 0.1) is 6.61 Å². The number of benzene rings is 1. The summed E-state index contributed by atoms with van der Waals surface area (Å²) in [6.45, 7) is -0.236. The average Bonchev–Trinajstić information content (AvgIpc) is 2.67. The number of hydrogen-bond donors (Lipinski definition) is 3. The van der Waals surface area contributed by atoms with Gasteiger partial charge in [0.25, 0.3) is 5.91 Å². The lowest BCUT2D eigenvalue weighted by Crippen LogP contribution is -2.38. The molecular weight excluding hydrogens is 384 g/mol. The van der Waals surface area contributed by atoms with Crippen molar-refractivity contribution in [1.29, 1.82) is 0 Å². The molecule has 0 fully saturated rings. The van der Waals surface area contributed by atoms with E-state index in [-0.39, 0.29) is 18.1 Å². The third kappa shape index (κ3) is 4.27. The Morgan fingerprint density at radius 1 is 1.29 bits per heavy atom. The van der Waals surface area contributed by atoms with Crippen LogP contribution in [0.25, 0.3) is 0 Å². The Morgan fingerprint density at radius 3 is 2.68 bits per heavy atom. The first-order valence-electron chi connectivity index (χ1n) is 8.46. The molecule has 3 N–H and O–H groups in total. The van der Waals surface area contributed by atoms with Gasteiger partial charge in [-0.1, -0.05) is 48.0 Å². The average molecular weight is 403 g/mol. The standard InChI is InChI=1S/C20H19ClN2O5/c1-23(11-16(24)25)19(27)17-18(26)15-9-20(21,8-7-14(15)10-22-17)28-12-13-5-3-2-4-6-13/h2-10,22,26H,11-12H2,1H3,(H,24,25). The highest BCUT2D eigenvalue weighted by atomic mass is 35.5. The number of carbonyl (C=O) groups is 2. The maximum absolute atomic E-state index is 12.4. The van der Waals surface area contributed by atoms with Gasteiger partial charge in [-0.2, -0.15) is 0 Å². The Morgan fingerprint density at radius 2 is 2.00 bits per heavy atom. The molecular formula is C20H19ClN2O5. The minimum Gasteiger partial charge on any atom is -0.505 e. The largest absolute Gasteiger partial charge is 0.505 e. The van der Waals surface area contributed by atoms with E-state index in [0.29, 0.717) is 11.1 Å². The zero-order valence-corrected chi connectivity index (χ0v) is 15.8. The zero-order valence-electron chi connectivity index (χ0n) is 15.1. The topological polar surface area (TPSA) is 99.1 Å². The molecule has 1 amide bonds. The summed E-state index contributed by atoms with van der Waals surface area (Å²) in [6, 6.07) is 9.49. The van der Waals surface area contributed by atoms with Gasteiger partial charge in [0.15, 0.2) is 10.8 Å². The van der Waals surface area contributed by atoms with Gasteiger partial charge in [-0.05, 0) is 17.7 Å². The lowest BCUT2D eigenvalue weighted by molar-refractivity contribution is -0.142. The number of likely N-dealkylation sites (N-methyl/N-ethyl adjacent to an activating group) is 1. The Hall–Kier alpha value is -3.03. The summed E-state index contributed by atoms with van der Waals surface area (Å²) in [5.41, 5.74) is 1.76. The third-order valence-electron chi connectivity index (χ3n) is 4.24. The second-order valence-corrected chi connectivity index (χ2v) is 6.98. The fraction of sp³-hybridized carbons (Fsp3) is 0.200. The number of aliphatic hydroxyl groups excluding tert-OH is 1. The van der Waals surface area contributed by atoms with Crippen LogP contribution in [0.3, 0.4) is 0 Å². The molecule has 2 aliphatic rings. The summed E-state index contributed by atoms with van der Waals surface area (Å²) in [6.07, 6.45) is 6.38. The number of hydrogen-bond acceptors (Lipinski definition) is 5. The fourth-order valence-corrected chi connectivity index (χ4v) is 3.02. The van der Waals surface area contributed by atoms with E-state index in [2.05, 4.69) is 5.32 Å². The first-order chi connectivity index (χ1) is 13.3. The molecule has 0 saturated carbocycles. The number of rotatable bonds is 6. The molecule has 1 aromatic rings. The predicted octanol–water partition coefficient (Wildman–Crippen LogP) is 2.43. The Labute approximate surface area is 166 Å². The smallest absolute Gasteiger partial charge is 0.323 e. The van der Waals surface area contributed by atoms with Gasteiger partial charge < -0.3 is 25.2 Å². The number of allylic oxidation sites excluding steroid dienone is 2. The van der Waals surface area contributed by atoms with Crippen molar-refractivity contribution in [2.24, 2.45) is 0 Å². The van der Waals surface area contributed by atoms with Crippen LogP contribution in [0.4, 0.5) is 0 Å². The molecule has 1 aliphatic carbocycles. The van der Waals surface area contributed by atoms with Crippen molar-refractivity contribution in [3.05, 3.63) is 82.9 Å². The molecule has 1 atom stereocenters. The van der Waals surface area contributed by atoms with Gasteiger partial charge in [-0.3, -0.25) is 9.59 Å². The SMILES string of the molecule is CN(CC(=O)O)C(=O)C1=C(O)C2=CC(Cl)(OCc3ccccc3)C=CC2=CN1. The number of aliphatic hydroxyl groups is 1. The number of nitrogens with one attached hydrogen (secondary N) is 1. The van der Waals surface area contributed by atoms with Crippen LogP contribution in [0.15, 0.2) is 77.4 Å². The molecule has 0 spiro atoms. The van der Waals surface area contributed by atoms with Crippen LogP contribution in [-0.4, -0.2) is 45.6 Å². The molecule has 1 aromatic carbocycles. The Bertz CT molecular complexity index is 920. The van der Waals surface area contributed by atoms with E-state index in [9.17, 15) is 14.7 Å². The normalized spacial score (nSPS) is 20.6. The molecule has 0 radical (unpaired) electrons. The second-order valence-electron chi connectivity index (χ2n) is 6.39. The van der Waals surface area contributed by atoms with Crippen molar-refractivity contribution in [1.82, 2.24) is 10.2 Å². The maximum atomic E-state index is 12.4. The van der Waals surface area contributed by atoms with E-state index < -0.39 is 23.5 Å².